The number of nitrogens with two attached hydrogens (primary N) is 2. The first-order chi connectivity index (χ1) is 13.0. The van der Waals surface area contributed by atoms with E-state index >= 15 is 0 Å². The summed E-state index contributed by atoms with van der Waals surface area (Å²) in [5, 5.41) is 15.9. The average molecular weight is 445 g/mol. The maximum Gasteiger partial charge on any atom is 0.147 e. The molecule has 0 fully saturated rings. The average Bonchev–Trinajstić information content (AvgIpc) is 3.20. The molecule has 1 aromatic heterocycles. The van der Waals surface area contributed by atoms with Crippen LogP contribution in [0.2, 0.25) is 0 Å². The molecule has 8 heteroatoms. The van der Waals surface area contributed by atoms with E-state index in [-0.39, 0.29) is 11.5 Å². The highest BCUT2D eigenvalue weighted by Gasteiger charge is 2.26. The first-order valence-electron chi connectivity index (χ1n) is 8.73. The molecule has 6 nitrogen and oxygen atoms in total. The second-order valence-electron chi connectivity index (χ2n) is 6.66. The molecule has 4 rings (SSSR count). The molecule has 0 saturated carbocycles. The summed E-state index contributed by atoms with van der Waals surface area (Å²) < 4.78 is 1.08. The number of H-pyrrole nitrogens is 1. The third-order valence-electron chi connectivity index (χ3n) is 4.61. The number of benzene rings is 2. The van der Waals surface area contributed by atoms with Gasteiger partial charge < -0.3 is 11.5 Å². The summed E-state index contributed by atoms with van der Waals surface area (Å²) >= 11 is 5.13. The van der Waals surface area contributed by atoms with Crippen LogP contribution in [0.4, 0.5) is 0 Å². The van der Waals surface area contributed by atoms with Gasteiger partial charge in [0.15, 0.2) is 0 Å². The highest BCUT2D eigenvalue weighted by molar-refractivity contribution is 9.10. The second-order valence-corrected chi connectivity index (χ2v) is 8.62. The Morgan fingerprint density at radius 2 is 2.11 bits per heavy atom. The van der Waals surface area contributed by atoms with E-state index in [0.717, 1.165) is 38.1 Å². The number of hydrogen-bond acceptors (Lipinski definition) is 6. The molecule has 0 spiro atoms. The van der Waals surface area contributed by atoms with E-state index in [9.17, 15) is 0 Å². The van der Waals surface area contributed by atoms with Gasteiger partial charge in [0, 0.05) is 21.5 Å². The summed E-state index contributed by atoms with van der Waals surface area (Å²) in [5.74, 6) is 0. The molecule has 0 saturated heterocycles. The van der Waals surface area contributed by atoms with Gasteiger partial charge in [-0.3, -0.25) is 10.1 Å². The van der Waals surface area contributed by atoms with E-state index in [0.29, 0.717) is 6.54 Å². The lowest BCUT2D eigenvalue weighted by molar-refractivity contribution is 0.261. The van der Waals surface area contributed by atoms with E-state index in [2.05, 4.69) is 38.3 Å². The Morgan fingerprint density at radius 3 is 2.93 bits per heavy atom. The van der Waals surface area contributed by atoms with Gasteiger partial charge in [0.2, 0.25) is 0 Å². The van der Waals surface area contributed by atoms with E-state index < -0.39 is 0 Å². The van der Waals surface area contributed by atoms with Crippen LogP contribution in [0.5, 0.6) is 0 Å². The smallest absolute Gasteiger partial charge is 0.147 e. The molecule has 2 atom stereocenters. The van der Waals surface area contributed by atoms with Gasteiger partial charge in [-0.2, -0.15) is 10.2 Å². The van der Waals surface area contributed by atoms with Crippen molar-refractivity contribution in [2.24, 2.45) is 16.6 Å². The third-order valence-corrected chi connectivity index (χ3v) is 6.41. The fourth-order valence-corrected chi connectivity index (χ4v) is 4.52. The number of aryl methyl sites for hydroxylation is 1. The number of aromatic nitrogens is 2. The van der Waals surface area contributed by atoms with Crippen molar-refractivity contribution in [2.75, 3.05) is 6.54 Å². The zero-order valence-electron chi connectivity index (χ0n) is 14.9. The van der Waals surface area contributed by atoms with Crippen LogP contribution in [0.15, 0.2) is 52.0 Å². The molecule has 0 bridgehead atoms. The molecular weight excluding hydrogens is 424 g/mol. The number of rotatable bonds is 5. The minimum atomic E-state index is -0.230. The van der Waals surface area contributed by atoms with Gasteiger partial charge in [0.1, 0.15) is 10.5 Å². The number of hydrazone groups is 1. The summed E-state index contributed by atoms with van der Waals surface area (Å²) in [6, 6.07) is 14.3. The molecule has 3 aromatic rings. The molecule has 1 unspecified atom stereocenters. The van der Waals surface area contributed by atoms with E-state index in [1.807, 2.05) is 42.3 Å². The Hall–Kier alpha value is -1.87. The maximum atomic E-state index is 6.37. The molecule has 2 heterocycles. The van der Waals surface area contributed by atoms with Crippen LogP contribution in [0.1, 0.15) is 16.8 Å². The Bertz CT molecular complexity index is 1000. The molecule has 5 N–H and O–H groups in total. The van der Waals surface area contributed by atoms with Crippen molar-refractivity contribution in [3.8, 4) is 0 Å². The van der Waals surface area contributed by atoms with Gasteiger partial charge in [-0.25, -0.2) is 0 Å². The minimum absolute atomic E-state index is 0.0583. The monoisotopic (exact) mass is 444 g/mol. The quantitative estimate of drug-likeness (QED) is 0.561. The van der Waals surface area contributed by atoms with Crippen molar-refractivity contribution in [3.63, 3.8) is 0 Å². The van der Waals surface area contributed by atoms with Gasteiger partial charge in [-0.1, -0.05) is 52.0 Å². The highest BCUT2D eigenvalue weighted by Crippen LogP contribution is 2.29. The van der Waals surface area contributed by atoms with Crippen LogP contribution in [-0.4, -0.2) is 38.3 Å². The topological polar surface area (TPSA) is 96.3 Å². The highest BCUT2D eigenvalue weighted by atomic mass is 79.9. The Kier molecular flexibility index (Phi) is 5.23. The summed E-state index contributed by atoms with van der Waals surface area (Å²) in [4.78, 5) is 0. The van der Waals surface area contributed by atoms with Crippen molar-refractivity contribution in [2.45, 2.75) is 24.9 Å². The van der Waals surface area contributed by atoms with Gasteiger partial charge in [0.25, 0.3) is 0 Å². The van der Waals surface area contributed by atoms with E-state index in [1.54, 1.807) is 11.8 Å². The molecule has 0 radical (unpaired) electrons. The fourth-order valence-electron chi connectivity index (χ4n) is 3.17. The van der Waals surface area contributed by atoms with Crippen molar-refractivity contribution in [3.05, 3.63) is 63.8 Å². The summed E-state index contributed by atoms with van der Waals surface area (Å²) in [6.45, 7) is 2.59. The number of aromatic amines is 1. The summed E-state index contributed by atoms with van der Waals surface area (Å²) in [7, 11) is 0. The predicted molar refractivity (Wildman–Crippen MR) is 115 cm³/mol. The van der Waals surface area contributed by atoms with Crippen LogP contribution in [0.25, 0.3) is 10.9 Å². The number of halogens is 1. The summed E-state index contributed by atoms with van der Waals surface area (Å²) in [5.41, 5.74) is 16.7. The number of fused-ring (bicyclic) bond motifs is 1. The van der Waals surface area contributed by atoms with E-state index in [1.165, 1.54) is 5.56 Å². The normalized spacial score (nSPS) is 18.1. The largest absolute Gasteiger partial charge is 0.326 e. The molecule has 1 aliphatic rings. The first kappa shape index (κ1) is 18.5. The van der Waals surface area contributed by atoms with E-state index in [4.69, 9.17) is 16.6 Å². The van der Waals surface area contributed by atoms with Crippen LogP contribution in [-0.2, 0) is 6.42 Å². The first-order valence-corrected chi connectivity index (χ1v) is 10.4. The molecule has 2 aromatic carbocycles. The molecule has 140 valence electrons. The molecule has 1 aliphatic heterocycles. The Balaban J connectivity index is 1.49. The van der Waals surface area contributed by atoms with Gasteiger partial charge in [-0.05, 0) is 37.1 Å². The number of hydrogen-bond donors (Lipinski definition) is 3. The van der Waals surface area contributed by atoms with Crippen LogP contribution in [0, 0.1) is 6.92 Å². The van der Waals surface area contributed by atoms with Gasteiger partial charge in [0.05, 0.1) is 17.8 Å². The Morgan fingerprint density at radius 1 is 1.30 bits per heavy atom. The second kappa shape index (κ2) is 7.63. The molecular formula is C19H21BrN6S. The minimum Gasteiger partial charge on any atom is -0.326 e. The van der Waals surface area contributed by atoms with Crippen LogP contribution in [0.3, 0.4) is 0 Å². The lowest BCUT2D eigenvalue weighted by Crippen LogP contribution is -2.42. The van der Waals surface area contributed by atoms with Crippen molar-refractivity contribution >= 4 is 43.6 Å². The van der Waals surface area contributed by atoms with Gasteiger partial charge in [-0.15, -0.1) is 0 Å². The molecule has 0 aliphatic carbocycles. The SMILES string of the molecule is Cc1n[nH]c2ccc(C3=NN(C[C@H](N)Cc4ccccc4Br)C(N)S3)cc12. The lowest BCUT2D eigenvalue weighted by atomic mass is 10.1. The zero-order valence-corrected chi connectivity index (χ0v) is 17.3. The van der Waals surface area contributed by atoms with Crippen molar-refractivity contribution in [1.29, 1.82) is 0 Å². The third kappa shape index (κ3) is 3.89. The predicted octanol–water partition coefficient (Wildman–Crippen LogP) is 3.16. The number of nitrogens with zero attached hydrogens (tertiary/aromatic N) is 3. The molecule has 27 heavy (non-hydrogen) atoms. The maximum absolute atomic E-state index is 6.37. The van der Waals surface area contributed by atoms with Crippen LogP contribution >= 0.6 is 27.7 Å². The lowest BCUT2D eigenvalue weighted by Gasteiger charge is -2.23. The number of nitrogens with one attached hydrogen (secondary N) is 1. The molecule has 0 amide bonds. The standard InChI is InChI=1S/C19H21BrN6S/c1-11-15-9-13(6-7-17(15)24-23-11)18-25-26(19(22)27-18)10-14(21)8-12-4-2-3-5-16(12)20/h2-7,9,14,19H,8,10,21-22H2,1H3,(H,23,24)/t14-,19?/m1/s1. The Labute approximate surface area is 170 Å². The number of thioether (sulfide) groups is 1. The van der Waals surface area contributed by atoms with Gasteiger partial charge >= 0.3 is 0 Å². The zero-order chi connectivity index (χ0) is 19.0. The van der Waals surface area contributed by atoms with Crippen molar-refractivity contribution < 1.29 is 0 Å². The van der Waals surface area contributed by atoms with Crippen molar-refractivity contribution in [1.82, 2.24) is 15.2 Å². The summed E-state index contributed by atoms with van der Waals surface area (Å²) in [6.07, 6.45) is 0.764. The fraction of sp³-hybridized carbons (Fsp3) is 0.263. The van der Waals surface area contributed by atoms with Crippen LogP contribution < -0.4 is 11.5 Å².